The van der Waals surface area contributed by atoms with Gasteiger partial charge >= 0.3 is 0 Å². The molecule has 4 aromatic rings. The van der Waals surface area contributed by atoms with Gasteiger partial charge in [-0.05, 0) is 19.4 Å². The summed E-state index contributed by atoms with van der Waals surface area (Å²) >= 11 is 0. The molecule has 0 amide bonds. The minimum atomic E-state index is 0.564. The molecule has 0 radical (unpaired) electrons. The second-order valence-corrected chi connectivity index (χ2v) is 6.00. The molecule has 0 unspecified atom stereocenters. The number of anilines is 1. The number of aryl methyl sites for hydroxylation is 3. The second-order valence-electron chi connectivity index (χ2n) is 6.00. The van der Waals surface area contributed by atoms with Gasteiger partial charge in [-0.3, -0.25) is 4.68 Å². The lowest BCUT2D eigenvalue weighted by Gasteiger charge is -2.09. The Bertz CT molecular complexity index is 1030. The monoisotopic (exact) mass is 333 g/mol. The SMILES string of the molecule is Cc1cc(NCc2ncnn2C)n2nc(C)c(-c3ccccc3)c2n1. The van der Waals surface area contributed by atoms with Crippen LogP contribution in [0.15, 0.2) is 42.7 Å². The molecule has 7 nitrogen and oxygen atoms in total. The standard InChI is InChI=1S/C18H19N7/c1-12-9-15(19-10-16-20-11-21-24(16)3)25-18(22-12)17(13(2)23-25)14-7-5-4-6-8-14/h4-9,11,19H,10H2,1-3H3. The highest BCUT2D eigenvalue weighted by Gasteiger charge is 2.16. The van der Waals surface area contributed by atoms with Crippen LogP contribution in [-0.2, 0) is 13.6 Å². The molecule has 126 valence electrons. The molecule has 3 aromatic heterocycles. The molecule has 0 atom stereocenters. The van der Waals surface area contributed by atoms with E-state index in [0.29, 0.717) is 6.54 Å². The van der Waals surface area contributed by atoms with E-state index in [2.05, 4.69) is 27.5 Å². The Labute approximate surface area is 145 Å². The minimum Gasteiger partial charge on any atom is -0.363 e. The predicted octanol–water partition coefficient (Wildman–Crippen LogP) is 2.75. The number of fused-ring (bicyclic) bond motifs is 1. The van der Waals surface area contributed by atoms with E-state index >= 15 is 0 Å². The first-order chi connectivity index (χ1) is 12.1. The summed E-state index contributed by atoms with van der Waals surface area (Å²) in [6.07, 6.45) is 1.55. The lowest BCUT2D eigenvalue weighted by molar-refractivity contribution is 0.709. The van der Waals surface area contributed by atoms with Gasteiger partial charge in [0.05, 0.1) is 12.2 Å². The van der Waals surface area contributed by atoms with E-state index in [1.165, 1.54) is 0 Å². The number of hydrogen-bond acceptors (Lipinski definition) is 5. The topological polar surface area (TPSA) is 72.9 Å². The lowest BCUT2D eigenvalue weighted by atomic mass is 10.1. The molecule has 0 saturated heterocycles. The molecule has 25 heavy (non-hydrogen) atoms. The Kier molecular flexibility index (Phi) is 3.68. The largest absolute Gasteiger partial charge is 0.363 e. The molecular weight excluding hydrogens is 314 g/mol. The Morgan fingerprint density at radius 1 is 1.12 bits per heavy atom. The van der Waals surface area contributed by atoms with Gasteiger partial charge in [-0.2, -0.15) is 14.7 Å². The number of nitrogens with one attached hydrogen (secondary N) is 1. The van der Waals surface area contributed by atoms with Crippen LogP contribution in [0.25, 0.3) is 16.8 Å². The van der Waals surface area contributed by atoms with Crippen molar-refractivity contribution in [1.29, 1.82) is 0 Å². The van der Waals surface area contributed by atoms with Gasteiger partial charge in [0, 0.05) is 24.4 Å². The summed E-state index contributed by atoms with van der Waals surface area (Å²) in [7, 11) is 1.88. The molecule has 0 saturated carbocycles. The van der Waals surface area contributed by atoms with Gasteiger partial charge in [0.25, 0.3) is 0 Å². The van der Waals surface area contributed by atoms with Crippen LogP contribution in [0.5, 0.6) is 0 Å². The van der Waals surface area contributed by atoms with Gasteiger partial charge in [-0.15, -0.1) is 0 Å². The maximum Gasteiger partial charge on any atom is 0.165 e. The first kappa shape index (κ1) is 15.3. The van der Waals surface area contributed by atoms with E-state index in [-0.39, 0.29) is 0 Å². The van der Waals surface area contributed by atoms with Crippen LogP contribution in [0.3, 0.4) is 0 Å². The smallest absolute Gasteiger partial charge is 0.165 e. The zero-order valence-corrected chi connectivity index (χ0v) is 14.4. The van der Waals surface area contributed by atoms with Gasteiger partial charge in [0.15, 0.2) is 5.65 Å². The fourth-order valence-corrected chi connectivity index (χ4v) is 2.96. The first-order valence-corrected chi connectivity index (χ1v) is 8.12. The van der Waals surface area contributed by atoms with Crippen LogP contribution in [0.1, 0.15) is 17.2 Å². The van der Waals surface area contributed by atoms with Crippen molar-refractivity contribution in [2.24, 2.45) is 7.05 Å². The van der Waals surface area contributed by atoms with Crippen molar-refractivity contribution in [3.05, 3.63) is 59.9 Å². The molecule has 0 bridgehead atoms. The summed E-state index contributed by atoms with van der Waals surface area (Å²) in [6, 6.07) is 12.2. The molecule has 0 aliphatic heterocycles. The molecule has 4 rings (SSSR count). The summed E-state index contributed by atoms with van der Waals surface area (Å²) in [4.78, 5) is 8.97. The third kappa shape index (κ3) is 2.73. The Balaban J connectivity index is 1.80. The van der Waals surface area contributed by atoms with Crippen LogP contribution in [0.4, 0.5) is 5.82 Å². The third-order valence-electron chi connectivity index (χ3n) is 4.19. The van der Waals surface area contributed by atoms with E-state index in [9.17, 15) is 0 Å². The first-order valence-electron chi connectivity index (χ1n) is 8.12. The van der Waals surface area contributed by atoms with Crippen molar-refractivity contribution < 1.29 is 0 Å². The fraction of sp³-hybridized carbons (Fsp3) is 0.222. The molecule has 1 aromatic carbocycles. The Hall–Kier alpha value is -3.22. The lowest BCUT2D eigenvalue weighted by Crippen LogP contribution is -2.10. The predicted molar refractivity (Wildman–Crippen MR) is 96.2 cm³/mol. The molecule has 1 N–H and O–H groups in total. The second kappa shape index (κ2) is 6.01. The highest BCUT2D eigenvalue weighted by Crippen LogP contribution is 2.29. The minimum absolute atomic E-state index is 0.564. The maximum absolute atomic E-state index is 4.72. The van der Waals surface area contributed by atoms with Crippen molar-refractivity contribution in [3.8, 4) is 11.1 Å². The molecule has 0 aliphatic rings. The van der Waals surface area contributed by atoms with Crippen molar-refractivity contribution in [2.75, 3.05) is 5.32 Å². The summed E-state index contributed by atoms with van der Waals surface area (Å²) in [5.74, 6) is 1.74. The summed E-state index contributed by atoms with van der Waals surface area (Å²) in [5, 5.41) is 12.2. The molecule has 0 spiro atoms. The molecule has 0 fully saturated rings. The van der Waals surface area contributed by atoms with Crippen molar-refractivity contribution in [3.63, 3.8) is 0 Å². The van der Waals surface area contributed by atoms with Crippen molar-refractivity contribution >= 4 is 11.5 Å². The van der Waals surface area contributed by atoms with Crippen molar-refractivity contribution in [1.82, 2.24) is 29.4 Å². The third-order valence-corrected chi connectivity index (χ3v) is 4.19. The summed E-state index contributed by atoms with van der Waals surface area (Å²) in [5.41, 5.74) is 4.92. The van der Waals surface area contributed by atoms with Gasteiger partial charge in [0.1, 0.15) is 18.0 Å². The zero-order chi connectivity index (χ0) is 17.4. The number of rotatable bonds is 4. The molecular formula is C18H19N7. The van der Waals surface area contributed by atoms with Gasteiger partial charge in [0.2, 0.25) is 0 Å². The van der Waals surface area contributed by atoms with E-state index in [0.717, 1.165) is 39.8 Å². The average Bonchev–Trinajstić information content (AvgIpc) is 3.16. The highest BCUT2D eigenvalue weighted by molar-refractivity contribution is 5.80. The fourth-order valence-electron chi connectivity index (χ4n) is 2.96. The quantitative estimate of drug-likeness (QED) is 0.622. The Morgan fingerprint density at radius 2 is 1.92 bits per heavy atom. The van der Waals surface area contributed by atoms with Gasteiger partial charge in [-0.25, -0.2) is 9.97 Å². The average molecular weight is 333 g/mol. The van der Waals surface area contributed by atoms with E-state index < -0.39 is 0 Å². The molecule has 3 heterocycles. The summed E-state index contributed by atoms with van der Waals surface area (Å²) < 4.78 is 3.61. The molecule has 0 aliphatic carbocycles. The number of benzene rings is 1. The van der Waals surface area contributed by atoms with E-state index in [1.54, 1.807) is 11.0 Å². The maximum atomic E-state index is 4.72. The van der Waals surface area contributed by atoms with Crippen LogP contribution >= 0.6 is 0 Å². The molecule has 7 heteroatoms. The number of aromatic nitrogens is 6. The van der Waals surface area contributed by atoms with Gasteiger partial charge in [-0.1, -0.05) is 30.3 Å². The van der Waals surface area contributed by atoms with Crippen molar-refractivity contribution in [2.45, 2.75) is 20.4 Å². The highest BCUT2D eigenvalue weighted by atomic mass is 15.3. The van der Waals surface area contributed by atoms with Crippen LogP contribution in [0.2, 0.25) is 0 Å². The van der Waals surface area contributed by atoms with Crippen LogP contribution in [0, 0.1) is 13.8 Å². The van der Waals surface area contributed by atoms with Crippen LogP contribution < -0.4 is 5.32 Å². The number of hydrogen-bond donors (Lipinski definition) is 1. The van der Waals surface area contributed by atoms with E-state index in [1.807, 2.05) is 49.7 Å². The van der Waals surface area contributed by atoms with Crippen LogP contribution in [-0.4, -0.2) is 29.4 Å². The summed E-state index contributed by atoms with van der Waals surface area (Å²) in [6.45, 7) is 4.57. The number of nitrogens with zero attached hydrogens (tertiary/aromatic N) is 6. The van der Waals surface area contributed by atoms with E-state index in [4.69, 9.17) is 10.1 Å². The Morgan fingerprint density at radius 3 is 2.64 bits per heavy atom. The van der Waals surface area contributed by atoms with Gasteiger partial charge < -0.3 is 5.32 Å². The normalized spacial score (nSPS) is 11.2. The zero-order valence-electron chi connectivity index (χ0n) is 14.4.